The predicted molar refractivity (Wildman–Crippen MR) is 96.9 cm³/mol. The zero-order valence-electron chi connectivity index (χ0n) is 14.1. The number of hydrogen-bond donors (Lipinski definition) is 0. The van der Waals surface area contributed by atoms with Gasteiger partial charge in [-0.15, -0.1) is 0 Å². The third kappa shape index (κ3) is 3.49. The lowest BCUT2D eigenvalue weighted by molar-refractivity contribution is 0.356. The molecule has 2 aromatic carbocycles. The summed E-state index contributed by atoms with van der Waals surface area (Å²) >= 11 is 0. The first-order valence-electron chi connectivity index (χ1n) is 7.84. The number of benzene rings is 2. The molecule has 1 aromatic heterocycles. The number of fused-ring (bicyclic) bond motifs is 1. The van der Waals surface area contributed by atoms with E-state index in [2.05, 4.69) is 27.1 Å². The Kier molecular flexibility index (Phi) is 5.02. The summed E-state index contributed by atoms with van der Waals surface area (Å²) in [4.78, 5) is 7.45. The normalized spacial score (nSPS) is 10.3. The lowest BCUT2D eigenvalue weighted by Crippen LogP contribution is -1.99. The van der Waals surface area contributed by atoms with Gasteiger partial charge in [-0.3, -0.25) is 4.98 Å². The molecule has 0 radical (unpaired) electrons. The molecule has 25 heavy (non-hydrogen) atoms. The lowest BCUT2D eigenvalue weighted by Gasteiger charge is -2.14. The summed E-state index contributed by atoms with van der Waals surface area (Å²) in [5.41, 5.74) is 11.6. The van der Waals surface area contributed by atoms with Crippen LogP contribution in [0.1, 0.15) is 16.8 Å². The van der Waals surface area contributed by atoms with Crippen LogP contribution in [0.5, 0.6) is 11.5 Å². The number of rotatable bonds is 6. The van der Waals surface area contributed by atoms with Crippen LogP contribution >= 0.6 is 0 Å². The van der Waals surface area contributed by atoms with Gasteiger partial charge in [0.05, 0.1) is 26.5 Å². The molecule has 0 fully saturated rings. The molecule has 3 aromatic rings. The number of nitrogens with zero attached hydrogens (tertiary/aromatic N) is 4. The lowest BCUT2D eigenvalue weighted by atomic mass is 10.00. The van der Waals surface area contributed by atoms with Gasteiger partial charge in [-0.2, -0.15) is 0 Å². The van der Waals surface area contributed by atoms with E-state index in [1.807, 2.05) is 30.3 Å². The average molecular weight is 334 g/mol. The van der Waals surface area contributed by atoms with Gasteiger partial charge in [0.15, 0.2) is 11.5 Å². The van der Waals surface area contributed by atoms with E-state index in [1.165, 1.54) is 5.56 Å². The summed E-state index contributed by atoms with van der Waals surface area (Å²) in [6.07, 6.45) is 2.47. The van der Waals surface area contributed by atoms with Crippen LogP contribution < -0.4 is 9.47 Å². The van der Waals surface area contributed by atoms with E-state index in [-0.39, 0.29) is 6.54 Å². The summed E-state index contributed by atoms with van der Waals surface area (Å²) in [7, 11) is 3.21. The molecule has 0 aliphatic rings. The van der Waals surface area contributed by atoms with Crippen molar-refractivity contribution < 1.29 is 9.47 Å². The molecule has 0 bridgehead atoms. The van der Waals surface area contributed by atoms with Gasteiger partial charge in [0, 0.05) is 22.9 Å². The first kappa shape index (κ1) is 16.6. The van der Waals surface area contributed by atoms with E-state index in [1.54, 1.807) is 20.4 Å². The second-order valence-corrected chi connectivity index (χ2v) is 5.53. The SMILES string of the molecule is COc1cc2c(CN=[N+]=[N-])cnc(Cc3ccccc3)c2cc1OC. The quantitative estimate of drug-likeness (QED) is 0.374. The highest BCUT2D eigenvalue weighted by atomic mass is 16.5. The zero-order chi connectivity index (χ0) is 17.6. The first-order valence-corrected chi connectivity index (χ1v) is 7.84. The number of methoxy groups -OCH3 is 2. The molecule has 0 aliphatic carbocycles. The van der Waals surface area contributed by atoms with Gasteiger partial charge in [-0.05, 0) is 34.2 Å². The molecular weight excluding hydrogens is 316 g/mol. The zero-order valence-corrected chi connectivity index (χ0v) is 14.1. The van der Waals surface area contributed by atoms with Crippen LogP contribution in [-0.2, 0) is 13.0 Å². The molecule has 0 amide bonds. The van der Waals surface area contributed by atoms with Gasteiger partial charge < -0.3 is 9.47 Å². The van der Waals surface area contributed by atoms with E-state index in [9.17, 15) is 0 Å². The molecule has 0 saturated heterocycles. The Morgan fingerprint density at radius 1 is 1.04 bits per heavy atom. The Morgan fingerprint density at radius 2 is 1.72 bits per heavy atom. The summed E-state index contributed by atoms with van der Waals surface area (Å²) in [6, 6.07) is 14.0. The van der Waals surface area contributed by atoms with Gasteiger partial charge in [-0.1, -0.05) is 35.4 Å². The Hall–Kier alpha value is -3.24. The van der Waals surface area contributed by atoms with Crippen LogP contribution in [-0.4, -0.2) is 19.2 Å². The fourth-order valence-electron chi connectivity index (χ4n) is 2.84. The molecule has 0 N–H and O–H groups in total. The largest absolute Gasteiger partial charge is 0.493 e. The van der Waals surface area contributed by atoms with Crippen molar-refractivity contribution in [2.45, 2.75) is 13.0 Å². The van der Waals surface area contributed by atoms with Crippen LogP contribution in [0.15, 0.2) is 53.8 Å². The molecule has 0 atom stereocenters. The van der Waals surface area contributed by atoms with Crippen molar-refractivity contribution in [3.8, 4) is 11.5 Å². The molecule has 6 heteroatoms. The summed E-state index contributed by atoms with van der Waals surface area (Å²) in [5, 5.41) is 5.59. The van der Waals surface area contributed by atoms with Crippen LogP contribution in [0.3, 0.4) is 0 Å². The van der Waals surface area contributed by atoms with Crippen LogP contribution in [0.2, 0.25) is 0 Å². The molecule has 0 saturated carbocycles. The van der Waals surface area contributed by atoms with Crippen molar-refractivity contribution in [2.24, 2.45) is 5.11 Å². The Labute approximate surface area is 145 Å². The maximum absolute atomic E-state index is 8.63. The number of azide groups is 1. The molecule has 126 valence electrons. The van der Waals surface area contributed by atoms with E-state index >= 15 is 0 Å². The Bertz CT molecular complexity index is 935. The molecule has 1 heterocycles. The Balaban J connectivity index is 2.18. The smallest absolute Gasteiger partial charge is 0.161 e. The molecule has 6 nitrogen and oxygen atoms in total. The average Bonchev–Trinajstić information content (AvgIpc) is 2.67. The predicted octanol–water partition coefficient (Wildman–Crippen LogP) is 4.65. The highest BCUT2D eigenvalue weighted by Crippen LogP contribution is 2.35. The standard InChI is InChI=1S/C19H18N4O2/c1-24-18-9-15-14(12-22-23-20)11-21-17(16(15)10-19(18)25-2)8-13-6-4-3-5-7-13/h3-7,9-11H,8,12H2,1-2H3. The third-order valence-electron chi connectivity index (χ3n) is 4.08. The third-order valence-corrected chi connectivity index (χ3v) is 4.08. The Morgan fingerprint density at radius 3 is 2.36 bits per heavy atom. The maximum Gasteiger partial charge on any atom is 0.161 e. The number of aromatic nitrogens is 1. The fraction of sp³-hybridized carbons (Fsp3) is 0.211. The highest BCUT2D eigenvalue weighted by molar-refractivity contribution is 5.90. The molecule has 0 aliphatic heterocycles. The van der Waals surface area contributed by atoms with Crippen LogP contribution in [0.25, 0.3) is 21.2 Å². The van der Waals surface area contributed by atoms with E-state index in [0.717, 1.165) is 22.0 Å². The number of pyridine rings is 1. The molecule has 0 spiro atoms. The first-order chi connectivity index (χ1) is 12.3. The van der Waals surface area contributed by atoms with Crippen molar-refractivity contribution in [3.05, 3.63) is 75.9 Å². The second kappa shape index (κ2) is 7.55. The van der Waals surface area contributed by atoms with Crippen LogP contribution in [0.4, 0.5) is 0 Å². The van der Waals surface area contributed by atoms with Crippen molar-refractivity contribution in [1.82, 2.24) is 4.98 Å². The summed E-state index contributed by atoms with van der Waals surface area (Å²) in [5.74, 6) is 1.28. The van der Waals surface area contributed by atoms with E-state index in [4.69, 9.17) is 15.0 Å². The molecule has 0 unspecified atom stereocenters. The van der Waals surface area contributed by atoms with E-state index < -0.39 is 0 Å². The minimum atomic E-state index is 0.237. The minimum Gasteiger partial charge on any atom is -0.493 e. The minimum absolute atomic E-state index is 0.237. The topological polar surface area (TPSA) is 80.1 Å². The van der Waals surface area contributed by atoms with Crippen molar-refractivity contribution in [3.63, 3.8) is 0 Å². The van der Waals surface area contributed by atoms with Gasteiger partial charge in [-0.25, -0.2) is 0 Å². The molecule has 3 rings (SSSR count). The van der Waals surface area contributed by atoms with Crippen LogP contribution in [0, 0.1) is 0 Å². The van der Waals surface area contributed by atoms with Gasteiger partial charge in [0.25, 0.3) is 0 Å². The van der Waals surface area contributed by atoms with Crippen molar-refractivity contribution >= 4 is 10.8 Å². The summed E-state index contributed by atoms with van der Waals surface area (Å²) in [6.45, 7) is 0.237. The van der Waals surface area contributed by atoms with E-state index in [0.29, 0.717) is 17.9 Å². The maximum atomic E-state index is 8.63. The van der Waals surface area contributed by atoms with Crippen molar-refractivity contribution in [2.75, 3.05) is 14.2 Å². The van der Waals surface area contributed by atoms with Crippen molar-refractivity contribution in [1.29, 1.82) is 0 Å². The fourth-order valence-corrected chi connectivity index (χ4v) is 2.84. The highest BCUT2D eigenvalue weighted by Gasteiger charge is 2.13. The second-order valence-electron chi connectivity index (χ2n) is 5.53. The van der Waals surface area contributed by atoms with Gasteiger partial charge in [0.2, 0.25) is 0 Å². The monoisotopic (exact) mass is 334 g/mol. The summed E-state index contributed by atoms with van der Waals surface area (Å²) < 4.78 is 10.8. The molecular formula is C19H18N4O2. The number of hydrogen-bond acceptors (Lipinski definition) is 4. The number of ether oxygens (including phenoxy) is 2. The van der Waals surface area contributed by atoms with Gasteiger partial charge in [0.1, 0.15) is 0 Å². The van der Waals surface area contributed by atoms with Gasteiger partial charge >= 0.3 is 0 Å².